The zero-order valence-corrected chi connectivity index (χ0v) is 14.7. The van der Waals surface area contributed by atoms with Gasteiger partial charge in [-0.3, -0.25) is 9.58 Å². The number of aliphatic hydroxyl groups is 3. The molecule has 1 atom stereocenters. The molecule has 12 heteroatoms. The Hall–Kier alpha value is -2.77. The van der Waals surface area contributed by atoms with Crippen molar-refractivity contribution in [2.75, 3.05) is 20.7 Å². The highest BCUT2D eigenvalue weighted by molar-refractivity contribution is 5.69. The molecule has 2 rings (SSSR count). The number of likely N-dealkylation sites (N-methyl/N-ethyl adjacent to an activating group) is 1. The molecule has 1 heterocycles. The molecule has 27 heavy (non-hydrogen) atoms. The Morgan fingerprint density at radius 1 is 0.963 bits per heavy atom. The lowest BCUT2D eigenvalue weighted by molar-refractivity contribution is -0.312. The molecule has 8 N–H and O–H groups in total. The summed E-state index contributed by atoms with van der Waals surface area (Å²) < 4.78 is 6.28. The van der Waals surface area contributed by atoms with Crippen LogP contribution in [0.2, 0.25) is 0 Å². The molecule has 0 fully saturated rings. The van der Waals surface area contributed by atoms with Crippen molar-refractivity contribution in [3.05, 3.63) is 23.5 Å². The highest BCUT2D eigenvalue weighted by atomic mass is 16.7. The molecule has 2 aromatic rings. The van der Waals surface area contributed by atoms with Gasteiger partial charge in [-0.15, -0.1) is 0 Å². The van der Waals surface area contributed by atoms with Crippen LogP contribution < -0.4 is 0 Å². The minimum Gasteiger partial charge on any atom is -0.504 e. The maximum atomic E-state index is 11.1. The van der Waals surface area contributed by atoms with Crippen LogP contribution in [-0.2, 0) is 17.6 Å². The fourth-order valence-corrected chi connectivity index (χ4v) is 2.32. The third-order valence-electron chi connectivity index (χ3n) is 4.07. The maximum Gasteiger partial charge on any atom is 0.249 e. The smallest absolute Gasteiger partial charge is 0.249 e. The summed E-state index contributed by atoms with van der Waals surface area (Å²) in [4.78, 5) is 0.947. The van der Waals surface area contributed by atoms with Gasteiger partial charge in [0.25, 0.3) is 0 Å². The summed E-state index contributed by atoms with van der Waals surface area (Å²) in [5, 5.41) is 84.2. The number of aromatic nitrogens is 2. The number of phenolic OH excluding ortho intramolecular Hbond substituents is 5. The SMILES string of the molecule is CN(C)C(O)(O)COC(O)(c1c(O)c(O)c(O)c(O)c1O)c1ccnn1C. The van der Waals surface area contributed by atoms with Crippen LogP contribution in [0.25, 0.3) is 0 Å². The number of hydrogen-bond donors (Lipinski definition) is 8. The minimum atomic E-state index is -2.82. The first-order valence-electron chi connectivity index (χ1n) is 7.50. The standard InChI is InChI=1S/C15H21N3O9/c1-17(2)14(24,25)6-27-15(26,7-4-5-16-18(7)3)8-9(19)11(21)13(23)12(22)10(8)20/h4-5,19-26H,6H2,1-3H3. The topological polar surface area (TPSA) is 192 Å². The lowest BCUT2D eigenvalue weighted by Crippen LogP contribution is -2.50. The van der Waals surface area contributed by atoms with Crippen LogP contribution in [0.3, 0.4) is 0 Å². The Morgan fingerprint density at radius 3 is 1.85 bits per heavy atom. The highest BCUT2D eigenvalue weighted by Crippen LogP contribution is 2.55. The molecule has 0 saturated carbocycles. The van der Waals surface area contributed by atoms with Crippen molar-refractivity contribution < 1.29 is 45.6 Å². The number of aromatic hydroxyl groups is 5. The van der Waals surface area contributed by atoms with Gasteiger partial charge >= 0.3 is 0 Å². The van der Waals surface area contributed by atoms with E-state index in [0.29, 0.717) is 0 Å². The number of phenols is 5. The van der Waals surface area contributed by atoms with Crippen molar-refractivity contribution in [3.63, 3.8) is 0 Å². The summed E-state index contributed by atoms with van der Waals surface area (Å²) in [6.45, 7) is -0.969. The van der Waals surface area contributed by atoms with Crippen molar-refractivity contribution in [3.8, 4) is 28.7 Å². The molecular formula is C15H21N3O9. The average Bonchev–Trinajstić information content (AvgIpc) is 3.03. The van der Waals surface area contributed by atoms with E-state index in [4.69, 9.17) is 4.74 Å². The number of rotatable bonds is 6. The minimum absolute atomic E-state index is 0.216. The van der Waals surface area contributed by atoms with Crippen LogP contribution in [0.5, 0.6) is 28.7 Å². The fourth-order valence-electron chi connectivity index (χ4n) is 2.32. The molecule has 1 aromatic carbocycles. The lowest BCUT2D eigenvalue weighted by atomic mass is 9.98. The third-order valence-corrected chi connectivity index (χ3v) is 4.07. The van der Waals surface area contributed by atoms with E-state index < -0.39 is 52.6 Å². The second-order valence-corrected chi connectivity index (χ2v) is 6.06. The molecule has 1 aromatic heterocycles. The van der Waals surface area contributed by atoms with E-state index in [9.17, 15) is 40.9 Å². The summed E-state index contributed by atoms with van der Waals surface area (Å²) >= 11 is 0. The predicted molar refractivity (Wildman–Crippen MR) is 87.8 cm³/mol. The van der Waals surface area contributed by atoms with Crippen molar-refractivity contribution >= 4 is 0 Å². The predicted octanol–water partition coefficient (Wildman–Crippen LogP) is -1.64. The van der Waals surface area contributed by atoms with Gasteiger partial charge in [-0.2, -0.15) is 5.10 Å². The van der Waals surface area contributed by atoms with Gasteiger partial charge < -0.3 is 45.6 Å². The molecule has 150 valence electrons. The van der Waals surface area contributed by atoms with E-state index in [1.54, 1.807) is 0 Å². The van der Waals surface area contributed by atoms with E-state index in [0.717, 1.165) is 9.58 Å². The van der Waals surface area contributed by atoms with Gasteiger partial charge in [0, 0.05) is 13.2 Å². The Balaban J connectivity index is 2.71. The van der Waals surface area contributed by atoms with Crippen molar-refractivity contribution in [2.45, 2.75) is 11.7 Å². The first-order chi connectivity index (χ1) is 12.3. The van der Waals surface area contributed by atoms with Gasteiger partial charge in [0.2, 0.25) is 28.9 Å². The third kappa shape index (κ3) is 3.31. The highest BCUT2D eigenvalue weighted by Gasteiger charge is 2.46. The first-order valence-corrected chi connectivity index (χ1v) is 7.50. The number of hydrogen-bond acceptors (Lipinski definition) is 11. The summed E-state index contributed by atoms with van der Waals surface area (Å²) in [5.41, 5.74) is -1.17. The summed E-state index contributed by atoms with van der Waals surface area (Å²) in [6.07, 6.45) is 1.23. The molecule has 0 bridgehead atoms. The normalized spacial score (nSPS) is 14.5. The second kappa shape index (κ2) is 6.75. The van der Waals surface area contributed by atoms with E-state index >= 15 is 0 Å². The Kier molecular flexibility index (Phi) is 5.14. The zero-order valence-electron chi connectivity index (χ0n) is 14.7. The number of nitrogens with zero attached hydrogens (tertiary/aromatic N) is 3. The summed E-state index contributed by atoms with van der Waals surface area (Å²) in [5.74, 6) is -11.5. The Labute approximate surface area is 153 Å². The summed E-state index contributed by atoms with van der Waals surface area (Å²) in [6, 6.07) is 1.21. The van der Waals surface area contributed by atoms with Gasteiger partial charge in [-0.05, 0) is 20.2 Å². The lowest BCUT2D eigenvalue weighted by Gasteiger charge is -2.35. The summed E-state index contributed by atoms with van der Waals surface area (Å²) in [7, 11) is 3.98. The number of ether oxygens (including phenoxy) is 1. The fraction of sp³-hybridized carbons (Fsp3) is 0.400. The van der Waals surface area contributed by atoms with Crippen molar-refractivity contribution in [2.24, 2.45) is 7.05 Å². The van der Waals surface area contributed by atoms with Gasteiger partial charge in [-0.25, -0.2) is 0 Å². The Bertz CT molecular complexity index is 820. The maximum absolute atomic E-state index is 11.1. The zero-order chi connectivity index (χ0) is 20.7. The molecule has 0 saturated heterocycles. The van der Waals surface area contributed by atoms with E-state index in [1.165, 1.54) is 33.4 Å². The monoisotopic (exact) mass is 387 g/mol. The van der Waals surface area contributed by atoms with Crippen molar-refractivity contribution in [1.29, 1.82) is 0 Å². The van der Waals surface area contributed by atoms with Gasteiger partial charge in [0.1, 0.15) is 17.9 Å². The molecule has 0 amide bonds. The van der Waals surface area contributed by atoms with Crippen LogP contribution in [0.15, 0.2) is 12.3 Å². The largest absolute Gasteiger partial charge is 0.504 e. The molecule has 0 radical (unpaired) electrons. The van der Waals surface area contributed by atoms with Gasteiger partial charge in [0.15, 0.2) is 11.5 Å². The molecule has 12 nitrogen and oxygen atoms in total. The average molecular weight is 387 g/mol. The quantitative estimate of drug-likeness (QED) is 0.161. The molecular weight excluding hydrogens is 366 g/mol. The van der Waals surface area contributed by atoms with E-state index in [-0.39, 0.29) is 5.69 Å². The number of aryl methyl sites for hydroxylation is 1. The van der Waals surface area contributed by atoms with Crippen LogP contribution in [0.1, 0.15) is 11.3 Å². The van der Waals surface area contributed by atoms with Gasteiger partial charge in [-0.1, -0.05) is 0 Å². The van der Waals surface area contributed by atoms with Crippen LogP contribution in [-0.4, -0.2) is 82.1 Å². The van der Waals surface area contributed by atoms with Crippen molar-refractivity contribution in [1.82, 2.24) is 14.7 Å². The molecule has 0 aliphatic rings. The molecule has 0 spiro atoms. The number of benzene rings is 1. The van der Waals surface area contributed by atoms with Gasteiger partial charge in [0.05, 0.1) is 0 Å². The van der Waals surface area contributed by atoms with Crippen LogP contribution >= 0.6 is 0 Å². The second-order valence-electron chi connectivity index (χ2n) is 6.06. The molecule has 1 unspecified atom stereocenters. The first kappa shape index (κ1) is 20.5. The van der Waals surface area contributed by atoms with E-state index in [2.05, 4.69) is 5.10 Å². The van der Waals surface area contributed by atoms with Crippen LogP contribution in [0.4, 0.5) is 0 Å². The Morgan fingerprint density at radius 2 is 1.44 bits per heavy atom. The molecule has 0 aliphatic carbocycles. The van der Waals surface area contributed by atoms with Crippen LogP contribution in [0, 0.1) is 0 Å². The van der Waals surface area contributed by atoms with E-state index in [1.807, 2.05) is 0 Å². The molecule has 0 aliphatic heterocycles.